The predicted molar refractivity (Wildman–Crippen MR) is 151 cm³/mol. The Hall–Kier alpha value is -6.10. The monoisotopic (exact) mass is 575 g/mol. The first-order chi connectivity index (χ1) is 20.4. The SMILES string of the molecule is Cc1ccc(NC(=O)c2ccc(N3C(=O)c4ccc(C(=O)Nc5ccc(C)cc5C(=O)[O-])cc4C3=O)cc2)c(C(=O)[O-])c1. The fraction of sp³-hybridized carbons (Fsp3) is 0.0625. The van der Waals surface area contributed by atoms with Crippen LogP contribution in [0.3, 0.4) is 0 Å². The van der Waals surface area contributed by atoms with Gasteiger partial charge in [-0.1, -0.05) is 23.3 Å². The van der Waals surface area contributed by atoms with E-state index in [0.717, 1.165) is 4.90 Å². The summed E-state index contributed by atoms with van der Waals surface area (Å²) in [5, 5.41) is 28.0. The van der Waals surface area contributed by atoms with Crippen molar-refractivity contribution in [1.29, 1.82) is 0 Å². The van der Waals surface area contributed by atoms with E-state index in [2.05, 4.69) is 10.6 Å². The van der Waals surface area contributed by atoms with Gasteiger partial charge < -0.3 is 30.4 Å². The number of carboxylic acid groups (broad SMARTS) is 2. The summed E-state index contributed by atoms with van der Waals surface area (Å²) in [6.07, 6.45) is 0. The van der Waals surface area contributed by atoms with Crippen LogP contribution >= 0.6 is 0 Å². The molecule has 4 aromatic rings. The van der Waals surface area contributed by atoms with Crippen molar-refractivity contribution in [2.75, 3.05) is 15.5 Å². The first-order valence-corrected chi connectivity index (χ1v) is 12.8. The molecule has 43 heavy (non-hydrogen) atoms. The third kappa shape index (κ3) is 5.46. The zero-order valence-electron chi connectivity index (χ0n) is 22.7. The lowest BCUT2D eigenvalue weighted by molar-refractivity contribution is -0.256. The number of carbonyl (C=O) groups excluding carboxylic acids is 6. The Balaban J connectivity index is 1.34. The number of anilines is 3. The van der Waals surface area contributed by atoms with Gasteiger partial charge in [0.05, 0.1) is 40.1 Å². The minimum atomic E-state index is -1.47. The number of imide groups is 1. The van der Waals surface area contributed by atoms with Gasteiger partial charge in [0.25, 0.3) is 23.6 Å². The van der Waals surface area contributed by atoms with Crippen molar-refractivity contribution in [3.05, 3.63) is 123 Å². The number of hydrogen-bond acceptors (Lipinski definition) is 8. The molecule has 0 saturated heterocycles. The zero-order chi connectivity index (χ0) is 31.0. The second-order valence-electron chi connectivity index (χ2n) is 9.83. The van der Waals surface area contributed by atoms with Crippen LogP contribution in [0.5, 0.6) is 0 Å². The lowest BCUT2D eigenvalue weighted by Crippen LogP contribution is -2.29. The summed E-state index contributed by atoms with van der Waals surface area (Å²) in [7, 11) is 0. The van der Waals surface area contributed by atoms with E-state index in [1.165, 1.54) is 66.7 Å². The Morgan fingerprint density at radius 3 is 1.56 bits per heavy atom. The number of carboxylic acids is 2. The maximum Gasteiger partial charge on any atom is 0.266 e. The number of nitrogens with one attached hydrogen (secondary N) is 2. The number of nitrogens with zero attached hydrogens (tertiary/aromatic N) is 1. The second-order valence-corrected chi connectivity index (χ2v) is 9.83. The third-order valence-corrected chi connectivity index (χ3v) is 6.82. The molecule has 0 saturated carbocycles. The van der Waals surface area contributed by atoms with E-state index >= 15 is 0 Å². The highest BCUT2D eigenvalue weighted by Crippen LogP contribution is 2.30. The molecule has 1 aliphatic rings. The smallest absolute Gasteiger partial charge is 0.266 e. The number of aromatic carboxylic acids is 2. The third-order valence-electron chi connectivity index (χ3n) is 6.82. The summed E-state index contributed by atoms with van der Waals surface area (Å²) in [4.78, 5) is 75.9. The molecule has 5 rings (SSSR count). The number of carbonyl (C=O) groups is 6. The normalized spacial score (nSPS) is 12.1. The van der Waals surface area contributed by atoms with Crippen molar-refractivity contribution in [3.8, 4) is 0 Å². The number of rotatable bonds is 7. The molecule has 0 aliphatic carbocycles. The maximum absolute atomic E-state index is 13.3. The Kier molecular flexibility index (Phi) is 7.31. The molecule has 0 atom stereocenters. The van der Waals surface area contributed by atoms with E-state index < -0.39 is 35.6 Å². The minimum absolute atomic E-state index is 0.0162. The van der Waals surface area contributed by atoms with Gasteiger partial charge in [-0.25, -0.2) is 4.90 Å². The van der Waals surface area contributed by atoms with Crippen LogP contribution < -0.4 is 25.7 Å². The van der Waals surface area contributed by atoms with E-state index in [-0.39, 0.29) is 50.4 Å². The van der Waals surface area contributed by atoms with Gasteiger partial charge in [-0.3, -0.25) is 19.2 Å². The first-order valence-electron chi connectivity index (χ1n) is 12.8. The Morgan fingerprint density at radius 1 is 0.581 bits per heavy atom. The number of hydrogen-bond donors (Lipinski definition) is 2. The molecular formula is C32H21N3O8-2. The molecule has 2 N–H and O–H groups in total. The number of fused-ring (bicyclic) bond motifs is 1. The van der Waals surface area contributed by atoms with E-state index in [1.807, 2.05) is 0 Å². The predicted octanol–water partition coefficient (Wildman–Crippen LogP) is 2.34. The van der Waals surface area contributed by atoms with Crippen LogP contribution in [0.15, 0.2) is 78.9 Å². The van der Waals surface area contributed by atoms with E-state index in [9.17, 15) is 39.0 Å². The van der Waals surface area contributed by atoms with Crippen molar-refractivity contribution >= 4 is 52.6 Å². The van der Waals surface area contributed by atoms with Crippen molar-refractivity contribution in [1.82, 2.24) is 0 Å². The molecule has 1 heterocycles. The van der Waals surface area contributed by atoms with Gasteiger partial charge in [-0.15, -0.1) is 0 Å². The van der Waals surface area contributed by atoms with Gasteiger partial charge in [0.2, 0.25) is 0 Å². The lowest BCUT2D eigenvalue weighted by atomic mass is 10.0. The molecule has 0 radical (unpaired) electrons. The summed E-state index contributed by atoms with van der Waals surface area (Å²) in [6.45, 7) is 3.39. The molecule has 11 nitrogen and oxygen atoms in total. The van der Waals surface area contributed by atoms with Crippen molar-refractivity contribution < 1.29 is 39.0 Å². The quantitative estimate of drug-likeness (QED) is 0.316. The Morgan fingerprint density at radius 2 is 1.05 bits per heavy atom. The van der Waals surface area contributed by atoms with Gasteiger partial charge in [0.1, 0.15) is 0 Å². The van der Waals surface area contributed by atoms with E-state index in [4.69, 9.17) is 0 Å². The Bertz CT molecular complexity index is 1880. The fourth-order valence-electron chi connectivity index (χ4n) is 4.64. The largest absolute Gasteiger partial charge is 0.545 e. The van der Waals surface area contributed by atoms with Gasteiger partial charge >= 0.3 is 0 Å². The zero-order valence-corrected chi connectivity index (χ0v) is 22.7. The van der Waals surface area contributed by atoms with Crippen LogP contribution in [-0.2, 0) is 0 Å². The molecule has 0 bridgehead atoms. The van der Waals surface area contributed by atoms with Gasteiger partial charge in [-0.05, 0) is 80.6 Å². The molecule has 0 unspecified atom stereocenters. The second kappa shape index (κ2) is 11.1. The van der Waals surface area contributed by atoms with Crippen LogP contribution in [0, 0.1) is 13.8 Å². The molecule has 0 aromatic heterocycles. The molecule has 4 aromatic carbocycles. The molecule has 4 amide bonds. The van der Waals surface area contributed by atoms with Crippen LogP contribution in [0.2, 0.25) is 0 Å². The van der Waals surface area contributed by atoms with E-state index in [1.54, 1.807) is 26.0 Å². The highest BCUT2D eigenvalue weighted by molar-refractivity contribution is 6.35. The van der Waals surface area contributed by atoms with Gasteiger partial charge in [-0.2, -0.15) is 0 Å². The topological polar surface area (TPSA) is 176 Å². The molecule has 1 aliphatic heterocycles. The number of amides is 4. The molecule has 0 fully saturated rings. The summed E-state index contributed by atoms with van der Waals surface area (Å²) >= 11 is 0. The number of aryl methyl sites for hydroxylation is 2. The van der Waals surface area contributed by atoms with Gasteiger partial charge in [0, 0.05) is 22.3 Å². The average Bonchev–Trinajstić information content (AvgIpc) is 3.23. The molecule has 0 spiro atoms. The molecule has 11 heteroatoms. The Labute approximate surface area is 244 Å². The molecule has 214 valence electrons. The lowest BCUT2D eigenvalue weighted by Gasteiger charge is -2.15. The fourth-order valence-corrected chi connectivity index (χ4v) is 4.64. The average molecular weight is 576 g/mol. The van der Waals surface area contributed by atoms with Crippen molar-refractivity contribution in [2.45, 2.75) is 13.8 Å². The highest BCUT2D eigenvalue weighted by atomic mass is 16.4. The minimum Gasteiger partial charge on any atom is -0.545 e. The standard InChI is InChI=1S/C32H23N3O8/c1-16-3-11-25(23(13-16)31(40)41)33-27(36)18-5-8-20(9-6-18)35-29(38)21-10-7-19(15-22(21)30(35)39)28(37)34-26-12-4-17(2)14-24(26)32(42)43/h3-15H,1-2H3,(H,33,36)(H,34,37)(H,40,41)(H,42,43)/p-2. The summed E-state index contributed by atoms with van der Waals surface area (Å²) < 4.78 is 0. The highest BCUT2D eigenvalue weighted by Gasteiger charge is 2.37. The van der Waals surface area contributed by atoms with Crippen molar-refractivity contribution in [3.63, 3.8) is 0 Å². The van der Waals surface area contributed by atoms with Gasteiger partial charge in [0.15, 0.2) is 0 Å². The van der Waals surface area contributed by atoms with E-state index in [0.29, 0.717) is 11.1 Å². The van der Waals surface area contributed by atoms with Crippen LogP contribution in [0.1, 0.15) is 73.3 Å². The van der Waals surface area contributed by atoms with Crippen LogP contribution in [0.4, 0.5) is 17.1 Å². The maximum atomic E-state index is 13.3. The first kappa shape index (κ1) is 28.4. The number of benzene rings is 4. The van der Waals surface area contributed by atoms with Crippen LogP contribution in [0.25, 0.3) is 0 Å². The van der Waals surface area contributed by atoms with Crippen LogP contribution in [-0.4, -0.2) is 35.6 Å². The molecular weight excluding hydrogens is 554 g/mol. The summed E-state index contributed by atoms with van der Waals surface area (Å²) in [5.74, 6) is -5.57. The summed E-state index contributed by atoms with van der Waals surface area (Å²) in [5.41, 5.74) is 1.36. The summed E-state index contributed by atoms with van der Waals surface area (Å²) in [6, 6.07) is 18.3. The van der Waals surface area contributed by atoms with Crippen molar-refractivity contribution in [2.24, 2.45) is 0 Å².